The first-order chi connectivity index (χ1) is 9.63. The van der Waals surface area contributed by atoms with Crippen LogP contribution in [0.15, 0.2) is 24.3 Å². The predicted molar refractivity (Wildman–Crippen MR) is 74.0 cm³/mol. The van der Waals surface area contributed by atoms with Crippen LogP contribution in [-0.4, -0.2) is 47.7 Å². The Hall–Kier alpha value is -1.88. The van der Waals surface area contributed by atoms with Gasteiger partial charge >= 0.3 is 5.97 Å². The second-order valence-corrected chi connectivity index (χ2v) is 4.82. The Morgan fingerprint density at radius 1 is 1.35 bits per heavy atom. The number of aromatic carboxylic acids is 1. The van der Waals surface area contributed by atoms with Gasteiger partial charge in [0.2, 0.25) is 0 Å². The number of carboxylic acids is 1. The molecule has 1 heterocycles. The Bertz CT molecular complexity index is 498. The molecule has 5 nitrogen and oxygen atoms in total. The molecule has 1 aliphatic heterocycles. The van der Waals surface area contributed by atoms with Crippen molar-refractivity contribution in [3.63, 3.8) is 0 Å². The number of carbonyl (C=O) groups excluding carboxylic acids is 1. The highest BCUT2D eigenvalue weighted by atomic mass is 16.5. The molecular weight excluding hydrogens is 258 g/mol. The molecule has 0 spiro atoms. The van der Waals surface area contributed by atoms with Crippen LogP contribution in [0, 0.1) is 0 Å². The molecule has 1 saturated heterocycles. The zero-order chi connectivity index (χ0) is 14.5. The van der Waals surface area contributed by atoms with E-state index in [1.807, 2.05) is 6.92 Å². The lowest BCUT2D eigenvalue weighted by Crippen LogP contribution is -2.43. The van der Waals surface area contributed by atoms with Gasteiger partial charge in [-0.3, -0.25) is 4.79 Å². The predicted octanol–water partition coefficient (Wildman–Crippen LogP) is 2.03. The van der Waals surface area contributed by atoms with Crippen LogP contribution in [0.1, 0.15) is 40.5 Å². The fourth-order valence-corrected chi connectivity index (χ4v) is 2.52. The SMILES string of the molecule is CCOC1CCCN(C(=O)c2ccccc2C(=O)O)C1. The van der Waals surface area contributed by atoms with Crippen molar-refractivity contribution in [3.8, 4) is 0 Å². The van der Waals surface area contributed by atoms with Crippen molar-refractivity contribution in [2.75, 3.05) is 19.7 Å². The first-order valence-electron chi connectivity index (χ1n) is 6.86. The molecule has 5 heteroatoms. The number of rotatable bonds is 4. The summed E-state index contributed by atoms with van der Waals surface area (Å²) in [5.41, 5.74) is 0.299. The average Bonchev–Trinajstić information content (AvgIpc) is 2.47. The monoisotopic (exact) mass is 277 g/mol. The topological polar surface area (TPSA) is 66.8 Å². The molecule has 0 bridgehead atoms. The van der Waals surface area contributed by atoms with E-state index in [0.717, 1.165) is 12.8 Å². The zero-order valence-electron chi connectivity index (χ0n) is 11.5. The van der Waals surface area contributed by atoms with Gasteiger partial charge in [0.25, 0.3) is 5.91 Å². The molecule has 1 aliphatic rings. The standard InChI is InChI=1S/C15H19NO4/c1-2-20-11-6-5-9-16(10-11)14(17)12-7-3-4-8-13(12)15(18)19/h3-4,7-8,11H,2,5-6,9-10H2,1H3,(H,18,19). The van der Waals surface area contributed by atoms with Crippen LogP contribution < -0.4 is 0 Å². The highest BCUT2D eigenvalue weighted by Gasteiger charge is 2.27. The van der Waals surface area contributed by atoms with Crippen LogP contribution in [0.3, 0.4) is 0 Å². The zero-order valence-corrected chi connectivity index (χ0v) is 11.5. The third kappa shape index (κ3) is 3.17. The van der Waals surface area contributed by atoms with E-state index in [2.05, 4.69) is 0 Å². The van der Waals surface area contributed by atoms with Gasteiger partial charge in [0.15, 0.2) is 0 Å². The van der Waals surface area contributed by atoms with Crippen molar-refractivity contribution in [1.29, 1.82) is 0 Å². The number of benzene rings is 1. The smallest absolute Gasteiger partial charge is 0.336 e. The number of amides is 1. The first-order valence-corrected chi connectivity index (χ1v) is 6.86. The van der Waals surface area contributed by atoms with Crippen LogP contribution in [0.2, 0.25) is 0 Å². The van der Waals surface area contributed by atoms with Crippen LogP contribution in [0.25, 0.3) is 0 Å². The molecule has 1 atom stereocenters. The summed E-state index contributed by atoms with van der Waals surface area (Å²) in [6, 6.07) is 6.33. The Labute approximate surface area is 118 Å². The van der Waals surface area contributed by atoms with Crippen molar-refractivity contribution in [2.45, 2.75) is 25.9 Å². The molecule has 1 unspecified atom stereocenters. The van der Waals surface area contributed by atoms with Gasteiger partial charge in [0.1, 0.15) is 0 Å². The second-order valence-electron chi connectivity index (χ2n) is 4.82. The number of nitrogens with zero attached hydrogens (tertiary/aromatic N) is 1. The van der Waals surface area contributed by atoms with Crippen molar-refractivity contribution in [3.05, 3.63) is 35.4 Å². The normalized spacial score (nSPS) is 18.9. The Balaban J connectivity index is 2.17. The molecule has 0 radical (unpaired) electrons. The number of hydrogen-bond donors (Lipinski definition) is 1. The molecule has 108 valence electrons. The largest absolute Gasteiger partial charge is 0.478 e. The lowest BCUT2D eigenvalue weighted by Gasteiger charge is -2.32. The first kappa shape index (κ1) is 14.5. The van der Waals surface area contributed by atoms with E-state index < -0.39 is 5.97 Å². The summed E-state index contributed by atoms with van der Waals surface area (Å²) in [6.45, 7) is 3.73. The molecule has 1 fully saturated rings. The lowest BCUT2D eigenvalue weighted by atomic mass is 10.0. The summed E-state index contributed by atoms with van der Waals surface area (Å²) in [4.78, 5) is 25.3. The number of carboxylic acid groups (broad SMARTS) is 1. The molecule has 0 saturated carbocycles. The van der Waals surface area contributed by atoms with E-state index in [4.69, 9.17) is 9.84 Å². The third-order valence-corrected chi connectivity index (χ3v) is 3.46. The van der Waals surface area contributed by atoms with Crippen molar-refractivity contribution in [2.24, 2.45) is 0 Å². The summed E-state index contributed by atoms with van der Waals surface area (Å²) < 4.78 is 5.57. The van der Waals surface area contributed by atoms with E-state index in [1.54, 1.807) is 23.1 Å². The minimum atomic E-state index is -1.08. The summed E-state index contributed by atoms with van der Waals surface area (Å²) in [5, 5.41) is 9.15. The van der Waals surface area contributed by atoms with Crippen LogP contribution in [0.5, 0.6) is 0 Å². The van der Waals surface area contributed by atoms with E-state index in [-0.39, 0.29) is 23.1 Å². The van der Waals surface area contributed by atoms with E-state index in [0.29, 0.717) is 19.7 Å². The Morgan fingerprint density at radius 3 is 2.70 bits per heavy atom. The molecular formula is C15H19NO4. The minimum absolute atomic E-state index is 0.0506. The summed E-state index contributed by atoms with van der Waals surface area (Å²) >= 11 is 0. The molecule has 0 aromatic heterocycles. The van der Waals surface area contributed by atoms with Gasteiger partial charge in [-0.15, -0.1) is 0 Å². The summed E-state index contributed by atoms with van der Waals surface area (Å²) in [6.07, 6.45) is 1.87. The maximum absolute atomic E-state index is 12.5. The highest BCUT2D eigenvalue weighted by molar-refractivity contribution is 6.04. The quantitative estimate of drug-likeness (QED) is 0.914. The van der Waals surface area contributed by atoms with Gasteiger partial charge in [0, 0.05) is 19.7 Å². The van der Waals surface area contributed by atoms with Gasteiger partial charge in [-0.2, -0.15) is 0 Å². The molecule has 1 N–H and O–H groups in total. The van der Waals surface area contributed by atoms with E-state index in [1.165, 1.54) is 6.07 Å². The number of hydrogen-bond acceptors (Lipinski definition) is 3. The van der Waals surface area contributed by atoms with Gasteiger partial charge in [-0.25, -0.2) is 4.79 Å². The molecule has 1 aromatic carbocycles. The molecule has 2 rings (SSSR count). The fourth-order valence-electron chi connectivity index (χ4n) is 2.52. The maximum Gasteiger partial charge on any atom is 0.336 e. The van der Waals surface area contributed by atoms with Gasteiger partial charge < -0.3 is 14.7 Å². The van der Waals surface area contributed by atoms with E-state index in [9.17, 15) is 9.59 Å². The highest BCUT2D eigenvalue weighted by Crippen LogP contribution is 2.18. The Morgan fingerprint density at radius 2 is 2.05 bits per heavy atom. The Kier molecular flexibility index (Phi) is 4.74. The van der Waals surface area contributed by atoms with Gasteiger partial charge in [-0.1, -0.05) is 12.1 Å². The lowest BCUT2D eigenvalue weighted by molar-refractivity contribution is 0.00717. The molecule has 1 aromatic rings. The maximum atomic E-state index is 12.5. The third-order valence-electron chi connectivity index (χ3n) is 3.46. The average molecular weight is 277 g/mol. The van der Waals surface area contributed by atoms with Crippen molar-refractivity contribution < 1.29 is 19.4 Å². The minimum Gasteiger partial charge on any atom is -0.478 e. The van der Waals surface area contributed by atoms with Crippen LogP contribution in [0.4, 0.5) is 0 Å². The van der Waals surface area contributed by atoms with Gasteiger partial charge in [0.05, 0.1) is 17.2 Å². The fraction of sp³-hybridized carbons (Fsp3) is 0.467. The molecule has 1 amide bonds. The van der Waals surface area contributed by atoms with Gasteiger partial charge in [-0.05, 0) is 31.9 Å². The number of carbonyl (C=O) groups is 2. The number of ether oxygens (including phenoxy) is 1. The summed E-state index contributed by atoms with van der Waals surface area (Å²) in [7, 11) is 0. The van der Waals surface area contributed by atoms with E-state index >= 15 is 0 Å². The number of likely N-dealkylation sites (tertiary alicyclic amines) is 1. The second kappa shape index (κ2) is 6.52. The van der Waals surface area contributed by atoms with Crippen LogP contribution in [-0.2, 0) is 4.74 Å². The molecule has 20 heavy (non-hydrogen) atoms. The van der Waals surface area contributed by atoms with Crippen molar-refractivity contribution in [1.82, 2.24) is 4.90 Å². The van der Waals surface area contributed by atoms with Crippen molar-refractivity contribution >= 4 is 11.9 Å². The summed E-state index contributed by atoms with van der Waals surface area (Å²) in [5.74, 6) is -1.31. The molecule has 0 aliphatic carbocycles. The van der Waals surface area contributed by atoms with Crippen LogP contribution >= 0.6 is 0 Å². The number of piperidine rings is 1.